The van der Waals surface area contributed by atoms with E-state index in [9.17, 15) is 20.2 Å². The largest absolute Gasteiger partial charge is 0.304 e. The smallest absolute Gasteiger partial charge is 0.258 e. The molecule has 8 heteroatoms. The van der Waals surface area contributed by atoms with Crippen molar-refractivity contribution in [2.24, 2.45) is 0 Å². The Bertz CT molecular complexity index is 461. The number of aryl methyl sites for hydroxylation is 1. The molecule has 0 atom stereocenters. The van der Waals surface area contributed by atoms with E-state index in [4.69, 9.17) is 0 Å². The molecule has 0 heterocycles. The van der Waals surface area contributed by atoms with Crippen LogP contribution in [0.25, 0.3) is 0 Å². The lowest BCUT2D eigenvalue weighted by Gasteiger charge is -2.02. The van der Waals surface area contributed by atoms with Gasteiger partial charge in [-0.1, -0.05) is 0 Å². The average molecular weight is 340 g/mol. The maximum Gasteiger partial charge on any atom is 0.304 e. The summed E-state index contributed by atoms with van der Waals surface area (Å²) in [4.78, 5) is 19.9. The second-order valence-corrected chi connectivity index (χ2v) is 4.29. The monoisotopic (exact) mass is 338 g/mol. The summed E-state index contributed by atoms with van der Waals surface area (Å²) in [7, 11) is 0. The van der Waals surface area contributed by atoms with Crippen molar-refractivity contribution in [2.45, 2.75) is 6.92 Å². The first-order chi connectivity index (χ1) is 6.86. The molecule has 0 aliphatic carbocycles. The van der Waals surface area contributed by atoms with Crippen LogP contribution in [0.3, 0.4) is 0 Å². The number of hydrogen-bond acceptors (Lipinski definition) is 4. The summed E-state index contributed by atoms with van der Waals surface area (Å²) in [6.45, 7) is 1.55. The predicted molar refractivity (Wildman–Crippen MR) is 59.9 cm³/mol. The minimum atomic E-state index is -0.672. The van der Waals surface area contributed by atoms with Crippen molar-refractivity contribution in [1.82, 2.24) is 0 Å². The third kappa shape index (κ3) is 2.15. The molecule has 1 rings (SSSR count). The lowest BCUT2D eigenvalue weighted by molar-refractivity contribution is -0.396. The quantitative estimate of drug-likeness (QED) is 0.610. The van der Waals surface area contributed by atoms with Crippen LogP contribution in [-0.4, -0.2) is 9.85 Å². The Morgan fingerprint density at radius 1 is 1.13 bits per heavy atom. The Balaban J connectivity index is 3.63. The topological polar surface area (TPSA) is 86.3 Å². The van der Waals surface area contributed by atoms with E-state index in [-0.39, 0.29) is 20.3 Å². The van der Waals surface area contributed by atoms with Crippen molar-refractivity contribution in [3.63, 3.8) is 0 Å². The maximum absolute atomic E-state index is 10.7. The van der Waals surface area contributed by atoms with Crippen LogP contribution in [0.2, 0.25) is 0 Å². The van der Waals surface area contributed by atoms with E-state index in [1.54, 1.807) is 6.92 Å². The molecule has 1 aromatic rings. The van der Waals surface area contributed by atoms with E-state index >= 15 is 0 Å². The molecule has 0 saturated carbocycles. The zero-order valence-corrected chi connectivity index (χ0v) is 10.5. The number of nitro groups is 2. The molecule has 0 aliphatic rings. The van der Waals surface area contributed by atoms with Gasteiger partial charge in [-0.25, -0.2) is 0 Å². The molecule has 0 radical (unpaired) electrons. The van der Waals surface area contributed by atoms with Gasteiger partial charge in [-0.2, -0.15) is 0 Å². The number of halogens is 2. The first-order valence-electron chi connectivity index (χ1n) is 3.63. The summed E-state index contributed by atoms with van der Waals surface area (Å²) >= 11 is 5.87. The number of nitro benzene ring substituents is 2. The highest BCUT2D eigenvalue weighted by atomic mass is 79.9. The van der Waals surface area contributed by atoms with Gasteiger partial charge >= 0.3 is 5.69 Å². The molecule has 1 aromatic carbocycles. The van der Waals surface area contributed by atoms with Crippen molar-refractivity contribution in [3.8, 4) is 0 Å². The molecule has 0 amide bonds. The molecule has 0 fully saturated rings. The van der Waals surface area contributed by atoms with Gasteiger partial charge in [-0.05, 0) is 44.3 Å². The van der Waals surface area contributed by atoms with Crippen LogP contribution in [0.4, 0.5) is 11.4 Å². The minimum Gasteiger partial charge on any atom is -0.258 e. The highest BCUT2D eigenvalue weighted by Crippen LogP contribution is 2.41. The van der Waals surface area contributed by atoms with Crippen molar-refractivity contribution < 1.29 is 9.85 Å². The molecule has 0 aliphatic heterocycles. The summed E-state index contributed by atoms with van der Waals surface area (Å²) < 4.78 is 0.111. The van der Waals surface area contributed by atoms with Gasteiger partial charge in [0.05, 0.1) is 14.3 Å². The molecule has 0 bridgehead atoms. The lowest BCUT2D eigenvalue weighted by atomic mass is 10.2. The Hall–Kier alpha value is -1.02. The molecular weight excluding hydrogens is 336 g/mol. The van der Waals surface area contributed by atoms with Crippen molar-refractivity contribution in [1.29, 1.82) is 0 Å². The SMILES string of the molecule is Cc1cc([N+](=O)[O-])c(Br)c([N+](=O)[O-])c1Br. The van der Waals surface area contributed by atoms with E-state index in [1.807, 2.05) is 0 Å². The molecule has 0 aromatic heterocycles. The fraction of sp³-hybridized carbons (Fsp3) is 0.143. The fourth-order valence-electron chi connectivity index (χ4n) is 1.03. The van der Waals surface area contributed by atoms with Crippen LogP contribution in [0, 0.1) is 27.2 Å². The average Bonchev–Trinajstić information content (AvgIpc) is 2.10. The fourth-order valence-corrected chi connectivity index (χ4v) is 2.36. The zero-order valence-electron chi connectivity index (χ0n) is 7.36. The van der Waals surface area contributed by atoms with E-state index in [0.717, 1.165) is 0 Å². The van der Waals surface area contributed by atoms with Crippen LogP contribution in [0.1, 0.15) is 5.56 Å². The Kier molecular flexibility index (Phi) is 3.40. The summed E-state index contributed by atoms with van der Waals surface area (Å²) in [5, 5.41) is 21.3. The Morgan fingerprint density at radius 3 is 2.07 bits per heavy atom. The van der Waals surface area contributed by atoms with E-state index in [2.05, 4.69) is 31.9 Å². The Morgan fingerprint density at radius 2 is 1.67 bits per heavy atom. The predicted octanol–water partition coefficient (Wildman–Crippen LogP) is 3.34. The number of hydrogen-bond donors (Lipinski definition) is 0. The normalized spacial score (nSPS) is 10.1. The molecular formula is C7H4Br2N2O4. The standard InChI is InChI=1S/C7H4Br2N2O4/c1-3-2-4(10(12)13)6(9)7(5(3)8)11(14)15/h2H,1H3. The van der Waals surface area contributed by atoms with Crippen LogP contribution in [-0.2, 0) is 0 Å². The summed E-state index contributed by atoms with van der Waals surface area (Å²) in [5.74, 6) is 0. The zero-order chi connectivity index (χ0) is 11.7. The van der Waals surface area contributed by atoms with Crippen LogP contribution in [0.15, 0.2) is 15.0 Å². The minimum absolute atomic E-state index is 0.130. The van der Waals surface area contributed by atoms with Gasteiger partial charge in [-0.15, -0.1) is 0 Å². The van der Waals surface area contributed by atoms with Gasteiger partial charge in [0.25, 0.3) is 5.69 Å². The number of nitrogens with zero attached hydrogens (tertiary/aromatic N) is 2. The van der Waals surface area contributed by atoms with Crippen molar-refractivity contribution in [2.75, 3.05) is 0 Å². The second kappa shape index (κ2) is 4.23. The lowest BCUT2D eigenvalue weighted by Crippen LogP contribution is -1.98. The molecule has 6 nitrogen and oxygen atoms in total. The summed E-state index contributed by atoms with van der Waals surface area (Å²) in [6.07, 6.45) is 0. The Labute approximate surface area is 101 Å². The van der Waals surface area contributed by atoms with Crippen molar-refractivity contribution >= 4 is 43.2 Å². The van der Waals surface area contributed by atoms with Gasteiger partial charge < -0.3 is 0 Å². The molecule has 0 saturated heterocycles. The molecule has 0 N–H and O–H groups in total. The van der Waals surface area contributed by atoms with Crippen LogP contribution in [0.5, 0.6) is 0 Å². The maximum atomic E-state index is 10.7. The first-order valence-corrected chi connectivity index (χ1v) is 5.22. The molecule has 15 heavy (non-hydrogen) atoms. The van der Waals surface area contributed by atoms with Gasteiger partial charge in [0.15, 0.2) is 4.47 Å². The third-order valence-corrected chi connectivity index (χ3v) is 3.50. The van der Waals surface area contributed by atoms with Crippen LogP contribution < -0.4 is 0 Å². The van der Waals surface area contributed by atoms with Crippen LogP contribution >= 0.6 is 31.9 Å². The van der Waals surface area contributed by atoms with Gasteiger partial charge in [0.2, 0.25) is 0 Å². The molecule has 80 valence electrons. The van der Waals surface area contributed by atoms with Crippen molar-refractivity contribution in [3.05, 3.63) is 40.8 Å². The number of benzene rings is 1. The first kappa shape index (κ1) is 12.1. The van der Waals surface area contributed by atoms with E-state index in [0.29, 0.717) is 5.56 Å². The second-order valence-electron chi connectivity index (χ2n) is 2.70. The highest BCUT2D eigenvalue weighted by molar-refractivity contribution is 9.11. The third-order valence-electron chi connectivity index (χ3n) is 1.72. The van der Waals surface area contributed by atoms with Gasteiger partial charge in [0, 0.05) is 6.07 Å². The van der Waals surface area contributed by atoms with Gasteiger partial charge in [0.1, 0.15) is 0 Å². The van der Waals surface area contributed by atoms with E-state index in [1.165, 1.54) is 6.07 Å². The summed E-state index contributed by atoms with van der Waals surface area (Å²) in [6, 6.07) is 1.27. The van der Waals surface area contributed by atoms with E-state index < -0.39 is 9.85 Å². The molecule has 0 spiro atoms. The highest BCUT2D eigenvalue weighted by Gasteiger charge is 2.28. The summed E-state index contributed by atoms with van der Waals surface area (Å²) in [5.41, 5.74) is -0.208. The van der Waals surface area contributed by atoms with Gasteiger partial charge in [-0.3, -0.25) is 20.2 Å². The molecule has 0 unspecified atom stereocenters. The number of rotatable bonds is 2.